The second-order valence-corrected chi connectivity index (χ2v) is 4.13. The number of anilines is 1. The normalized spacial score (nSPS) is 11.9. The van der Waals surface area contributed by atoms with Gasteiger partial charge >= 0.3 is 6.18 Å². The molecule has 3 rings (SSSR count). The molecule has 3 aromatic rings. The first kappa shape index (κ1) is 12.4. The molecule has 0 saturated carbocycles. The largest absolute Gasteiger partial charge is 0.417 e. The first-order valence-corrected chi connectivity index (χ1v) is 5.58. The van der Waals surface area contributed by atoms with Crippen LogP contribution in [-0.4, -0.2) is 19.6 Å². The van der Waals surface area contributed by atoms with Crippen molar-refractivity contribution < 1.29 is 13.2 Å². The van der Waals surface area contributed by atoms with Crippen LogP contribution in [0, 0.1) is 0 Å². The fraction of sp³-hybridized carbons (Fsp3) is 0.0833. The summed E-state index contributed by atoms with van der Waals surface area (Å²) in [6.45, 7) is 0. The van der Waals surface area contributed by atoms with Gasteiger partial charge in [-0.05, 0) is 18.2 Å². The Bertz CT molecular complexity index is 778. The number of fused-ring (bicyclic) bond motifs is 1. The Morgan fingerprint density at radius 3 is 2.60 bits per heavy atom. The number of alkyl halides is 3. The van der Waals surface area contributed by atoms with Crippen LogP contribution >= 0.6 is 0 Å². The molecule has 0 radical (unpaired) electrons. The van der Waals surface area contributed by atoms with Gasteiger partial charge in [0, 0.05) is 18.0 Å². The first-order valence-electron chi connectivity index (χ1n) is 5.58. The van der Waals surface area contributed by atoms with Crippen LogP contribution in [-0.2, 0) is 6.18 Å². The van der Waals surface area contributed by atoms with E-state index in [4.69, 9.17) is 5.73 Å². The maximum atomic E-state index is 12.7. The zero-order chi connectivity index (χ0) is 14.3. The predicted molar refractivity (Wildman–Crippen MR) is 65.6 cm³/mol. The maximum Gasteiger partial charge on any atom is 0.417 e. The van der Waals surface area contributed by atoms with Crippen molar-refractivity contribution in [3.63, 3.8) is 0 Å². The Labute approximate surface area is 110 Å². The fourth-order valence-electron chi connectivity index (χ4n) is 1.85. The molecule has 0 fully saturated rings. The minimum absolute atomic E-state index is 0.242. The second-order valence-electron chi connectivity index (χ2n) is 4.13. The lowest BCUT2D eigenvalue weighted by atomic mass is 10.2. The lowest BCUT2D eigenvalue weighted by Crippen LogP contribution is -2.06. The zero-order valence-corrected chi connectivity index (χ0v) is 9.96. The van der Waals surface area contributed by atoms with Gasteiger partial charge in [0.1, 0.15) is 0 Å². The molecular weight excluding hydrogens is 271 g/mol. The molecule has 0 aliphatic carbocycles. The zero-order valence-electron chi connectivity index (χ0n) is 9.96. The SMILES string of the molecule is Nc1cnccc1-c1nnc2ccc(C(F)(F)F)cn12. The van der Waals surface area contributed by atoms with Crippen LogP contribution in [0.5, 0.6) is 0 Å². The van der Waals surface area contributed by atoms with Crippen LogP contribution < -0.4 is 5.73 Å². The molecule has 20 heavy (non-hydrogen) atoms. The van der Waals surface area contributed by atoms with E-state index in [0.29, 0.717) is 16.9 Å². The Morgan fingerprint density at radius 2 is 1.90 bits per heavy atom. The molecule has 0 aliphatic rings. The molecule has 5 nitrogen and oxygen atoms in total. The van der Waals surface area contributed by atoms with Crippen LogP contribution in [0.2, 0.25) is 0 Å². The van der Waals surface area contributed by atoms with Crippen molar-refractivity contribution in [3.05, 3.63) is 42.4 Å². The average Bonchev–Trinajstić information content (AvgIpc) is 2.81. The van der Waals surface area contributed by atoms with E-state index in [0.717, 1.165) is 12.3 Å². The number of pyridine rings is 2. The molecule has 0 amide bonds. The van der Waals surface area contributed by atoms with Gasteiger partial charge in [0.05, 0.1) is 17.4 Å². The average molecular weight is 279 g/mol. The van der Waals surface area contributed by atoms with Gasteiger partial charge < -0.3 is 5.73 Å². The van der Waals surface area contributed by atoms with E-state index in [9.17, 15) is 13.2 Å². The Hall–Kier alpha value is -2.64. The molecule has 0 bridgehead atoms. The van der Waals surface area contributed by atoms with Crippen LogP contribution in [0.1, 0.15) is 5.56 Å². The van der Waals surface area contributed by atoms with Crippen LogP contribution in [0.4, 0.5) is 18.9 Å². The van der Waals surface area contributed by atoms with Gasteiger partial charge in [-0.1, -0.05) is 0 Å². The summed E-state index contributed by atoms with van der Waals surface area (Å²) in [4.78, 5) is 3.83. The summed E-state index contributed by atoms with van der Waals surface area (Å²) >= 11 is 0. The summed E-state index contributed by atoms with van der Waals surface area (Å²) in [6, 6.07) is 3.80. The maximum absolute atomic E-state index is 12.7. The van der Waals surface area contributed by atoms with Crippen LogP contribution in [0.3, 0.4) is 0 Å². The molecule has 102 valence electrons. The van der Waals surface area contributed by atoms with Crippen LogP contribution in [0.15, 0.2) is 36.8 Å². The van der Waals surface area contributed by atoms with Gasteiger partial charge in [0.25, 0.3) is 0 Å². The van der Waals surface area contributed by atoms with E-state index in [2.05, 4.69) is 15.2 Å². The van der Waals surface area contributed by atoms with E-state index in [-0.39, 0.29) is 5.82 Å². The van der Waals surface area contributed by atoms with E-state index in [1.807, 2.05) is 0 Å². The molecular formula is C12H8F3N5. The van der Waals surface area contributed by atoms with Gasteiger partial charge in [-0.3, -0.25) is 9.38 Å². The van der Waals surface area contributed by atoms with Gasteiger partial charge in [-0.15, -0.1) is 10.2 Å². The summed E-state index contributed by atoms with van der Waals surface area (Å²) in [5.41, 5.74) is 6.09. The highest BCUT2D eigenvalue weighted by Crippen LogP contribution is 2.30. The molecule has 3 heterocycles. The standard InChI is InChI=1S/C12H8F3N5/c13-12(14,15)7-1-2-10-18-19-11(20(10)6-7)8-3-4-17-5-9(8)16/h1-6H,16H2. The number of hydrogen-bond donors (Lipinski definition) is 1. The van der Waals surface area contributed by atoms with Crippen molar-refractivity contribution in [2.75, 3.05) is 5.73 Å². The molecule has 0 aromatic carbocycles. The third-order valence-electron chi connectivity index (χ3n) is 2.82. The Balaban J connectivity index is 2.25. The highest BCUT2D eigenvalue weighted by Gasteiger charge is 2.31. The third-order valence-corrected chi connectivity index (χ3v) is 2.82. The lowest BCUT2D eigenvalue weighted by molar-refractivity contribution is -0.137. The third kappa shape index (κ3) is 1.94. The smallest absolute Gasteiger partial charge is 0.397 e. The second kappa shape index (κ2) is 4.19. The van der Waals surface area contributed by atoms with Gasteiger partial charge in [-0.25, -0.2) is 0 Å². The van der Waals surface area contributed by atoms with Crippen molar-refractivity contribution in [3.8, 4) is 11.4 Å². The highest BCUT2D eigenvalue weighted by molar-refractivity contribution is 5.72. The highest BCUT2D eigenvalue weighted by atomic mass is 19.4. The van der Waals surface area contributed by atoms with Crippen molar-refractivity contribution >= 4 is 11.3 Å². The quantitative estimate of drug-likeness (QED) is 0.742. The van der Waals surface area contributed by atoms with Crippen LogP contribution in [0.25, 0.3) is 17.0 Å². The topological polar surface area (TPSA) is 69.1 Å². The Morgan fingerprint density at radius 1 is 1.10 bits per heavy atom. The molecule has 0 aliphatic heterocycles. The summed E-state index contributed by atoms with van der Waals surface area (Å²) in [7, 11) is 0. The summed E-state index contributed by atoms with van der Waals surface area (Å²) in [5.74, 6) is 0.242. The summed E-state index contributed by atoms with van der Waals surface area (Å²) in [6.07, 6.45) is -0.589. The van der Waals surface area contributed by atoms with Crippen molar-refractivity contribution in [1.82, 2.24) is 19.6 Å². The minimum Gasteiger partial charge on any atom is -0.397 e. The number of aromatic nitrogens is 4. The van der Waals surface area contributed by atoms with Crippen molar-refractivity contribution in [1.29, 1.82) is 0 Å². The fourth-order valence-corrected chi connectivity index (χ4v) is 1.85. The molecule has 2 N–H and O–H groups in total. The van der Waals surface area contributed by atoms with E-state index in [1.165, 1.54) is 22.9 Å². The first-order chi connectivity index (χ1) is 9.47. The lowest BCUT2D eigenvalue weighted by Gasteiger charge is -2.08. The molecule has 3 aromatic heterocycles. The van der Waals surface area contributed by atoms with E-state index >= 15 is 0 Å². The molecule has 0 saturated heterocycles. The van der Waals surface area contributed by atoms with Crippen molar-refractivity contribution in [2.45, 2.75) is 6.18 Å². The van der Waals surface area contributed by atoms with E-state index in [1.54, 1.807) is 6.07 Å². The number of rotatable bonds is 1. The van der Waals surface area contributed by atoms with Crippen molar-refractivity contribution in [2.24, 2.45) is 0 Å². The molecule has 0 atom stereocenters. The molecule has 8 heteroatoms. The number of hydrogen-bond acceptors (Lipinski definition) is 4. The summed E-state index contributed by atoms with van der Waals surface area (Å²) in [5, 5.41) is 7.72. The number of nitrogens with two attached hydrogens (primary N) is 1. The van der Waals surface area contributed by atoms with Gasteiger partial charge in [0.2, 0.25) is 0 Å². The number of halogens is 3. The van der Waals surface area contributed by atoms with Gasteiger partial charge in [0.15, 0.2) is 11.5 Å². The summed E-state index contributed by atoms with van der Waals surface area (Å²) < 4.78 is 39.5. The molecule has 0 unspecified atom stereocenters. The Kier molecular flexibility index (Phi) is 2.60. The van der Waals surface area contributed by atoms with Gasteiger partial charge in [-0.2, -0.15) is 13.2 Å². The predicted octanol–water partition coefficient (Wildman–Crippen LogP) is 2.39. The minimum atomic E-state index is -4.43. The van der Waals surface area contributed by atoms with E-state index < -0.39 is 11.7 Å². The monoisotopic (exact) mass is 279 g/mol. The number of nitrogens with zero attached hydrogens (tertiary/aromatic N) is 4. The number of nitrogen functional groups attached to an aromatic ring is 1. The molecule has 0 spiro atoms.